The average molecular weight is 741 g/mol. The summed E-state index contributed by atoms with van der Waals surface area (Å²) in [5.74, 6) is -8.27. The van der Waals surface area contributed by atoms with Crippen LogP contribution in [0.5, 0.6) is 0 Å². The van der Waals surface area contributed by atoms with Crippen LogP contribution in [0.3, 0.4) is 0 Å². The first-order chi connectivity index (χ1) is 23.5. The predicted octanol–water partition coefficient (Wildman–Crippen LogP) is 5.49. The van der Waals surface area contributed by atoms with Gasteiger partial charge in [-0.15, -0.1) is 0 Å². The molecule has 1 atom stereocenters. The van der Waals surface area contributed by atoms with Gasteiger partial charge in [-0.05, 0) is 50.4 Å². The summed E-state index contributed by atoms with van der Waals surface area (Å²) in [5, 5.41) is 21.4. The second-order valence-electron chi connectivity index (χ2n) is 10.5. The van der Waals surface area contributed by atoms with E-state index >= 15 is 0 Å². The van der Waals surface area contributed by atoms with Gasteiger partial charge in [-0.25, -0.2) is 19.4 Å². The SMILES string of the molecule is Cc1cccc(CN2CCN(C)C(c3cn4c(-c5ccncc5)cccc4n3)C2)n1.O=C(O)C(F)(F)F.O=C(O)C(F)(F)F.O=C(O)C(F)(F)F. The number of aromatic nitrogens is 4. The first kappa shape index (κ1) is 41.9. The molecule has 12 nitrogen and oxygen atoms in total. The Kier molecular flexibility index (Phi) is 14.4. The van der Waals surface area contributed by atoms with Crippen LogP contribution in [0.25, 0.3) is 16.9 Å². The summed E-state index contributed by atoms with van der Waals surface area (Å²) in [6.45, 7) is 5.93. The fourth-order valence-electron chi connectivity index (χ4n) is 4.26. The van der Waals surface area contributed by atoms with Crippen LogP contribution >= 0.6 is 0 Å². The summed E-state index contributed by atoms with van der Waals surface area (Å²) in [6.07, 6.45) is -9.39. The van der Waals surface area contributed by atoms with E-state index in [1.54, 1.807) is 0 Å². The third-order valence-corrected chi connectivity index (χ3v) is 6.62. The highest BCUT2D eigenvalue weighted by atomic mass is 19.4. The number of imidazole rings is 1. The number of aliphatic carboxylic acids is 3. The van der Waals surface area contributed by atoms with Crippen molar-refractivity contribution in [3.8, 4) is 11.3 Å². The molecular weight excluding hydrogens is 711 g/mol. The molecule has 5 rings (SSSR count). The van der Waals surface area contributed by atoms with E-state index in [4.69, 9.17) is 34.7 Å². The molecule has 1 fully saturated rings. The largest absolute Gasteiger partial charge is 0.490 e. The van der Waals surface area contributed by atoms with Crippen LogP contribution in [-0.2, 0) is 20.9 Å². The molecule has 4 aromatic heterocycles. The Morgan fingerprint density at radius 1 is 0.765 bits per heavy atom. The minimum atomic E-state index is -5.08. The first-order valence-corrected chi connectivity index (χ1v) is 14.1. The van der Waals surface area contributed by atoms with Crippen molar-refractivity contribution in [2.24, 2.45) is 0 Å². The van der Waals surface area contributed by atoms with E-state index in [1.165, 1.54) is 0 Å². The predicted molar refractivity (Wildman–Crippen MR) is 159 cm³/mol. The number of aryl methyl sites for hydroxylation is 1. The molecule has 1 aliphatic heterocycles. The molecule has 0 radical (unpaired) electrons. The molecule has 0 aliphatic carbocycles. The molecule has 4 aromatic rings. The number of hydrogen-bond acceptors (Lipinski definition) is 8. The number of carbonyl (C=O) groups is 3. The number of halogens is 9. The van der Waals surface area contributed by atoms with E-state index in [0.29, 0.717) is 0 Å². The zero-order chi connectivity index (χ0) is 38.7. The molecular formula is C30H29F9N6O6. The fraction of sp³-hybridized carbons (Fsp3) is 0.333. The molecule has 1 saturated heterocycles. The Hall–Kier alpha value is -5.31. The van der Waals surface area contributed by atoms with Crippen LogP contribution < -0.4 is 0 Å². The van der Waals surface area contributed by atoms with Crippen LogP contribution in [-0.4, -0.2) is 108 Å². The van der Waals surface area contributed by atoms with Crippen LogP contribution in [0.1, 0.15) is 23.1 Å². The fourth-order valence-corrected chi connectivity index (χ4v) is 4.26. The molecule has 0 aromatic carbocycles. The summed E-state index contributed by atoms with van der Waals surface area (Å²) in [5.41, 5.74) is 6.57. The number of rotatable bonds is 4. The van der Waals surface area contributed by atoms with Gasteiger partial charge < -0.3 is 15.3 Å². The number of fused-ring (bicyclic) bond motifs is 1. The van der Waals surface area contributed by atoms with Gasteiger partial charge >= 0.3 is 36.4 Å². The van der Waals surface area contributed by atoms with Gasteiger partial charge in [0.25, 0.3) is 0 Å². The number of pyridine rings is 3. The normalized spacial score (nSPS) is 15.3. The van der Waals surface area contributed by atoms with E-state index < -0.39 is 36.4 Å². The number of nitrogens with zero attached hydrogens (tertiary/aromatic N) is 6. The first-order valence-electron chi connectivity index (χ1n) is 14.1. The summed E-state index contributed by atoms with van der Waals surface area (Å²) in [4.78, 5) is 45.4. The summed E-state index contributed by atoms with van der Waals surface area (Å²) >= 11 is 0. The Morgan fingerprint density at radius 2 is 1.27 bits per heavy atom. The number of hydrogen-bond donors (Lipinski definition) is 3. The number of carboxylic acid groups (broad SMARTS) is 3. The van der Waals surface area contributed by atoms with Crippen molar-refractivity contribution in [3.05, 3.63) is 84.2 Å². The molecule has 3 N–H and O–H groups in total. The third-order valence-electron chi connectivity index (χ3n) is 6.62. The minimum Gasteiger partial charge on any atom is -0.475 e. The minimum absolute atomic E-state index is 0.258. The van der Waals surface area contributed by atoms with Gasteiger partial charge in [0.15, 0.2) is 0 Å². The van der Waals surface area contributed by atoms with E-state index in [9.17, 15) is 39.5 Å². The van der Waals surface area contributed by atoms with E-state index in [2.05, 4.69) is 67.7 Å². The Morgan fingerprint density at radius 3 is 1.76 bits per heavy atom. The maximum atomic E-state index is 10.6. The van der Waals surface area contributed by atoms with E-state index in [0.717, 1.165) is 60.2 Å². The summed E-state index contributed by atoms with van der Waals surface area (Å²) in [7, 11) is 2.20. The standard InChI is InChI=1S/C24H26N6.3C2HF3O2/c1-18-5-3-6-20(26-18)15-29-14-13-28(2)23(17-29)21-16-30-22(7-4-8-24(30)27-21)19-9-11-25-12-10-19;3*3-2(4,5)1(6)7/h3-12,16,23H,13-15,17H2,1-2H3;3*(H,6,7). The van der Waals surface area contributed by atoms with Crippen LogP contribution in [0, 0.1) is 6.92 Å². The monoisotopic (exact) mass is 740 g/mol. The molecule has 278 valence electrons. The Balaban J connectivity index is 0.000000352. The van der Waals surface area contributed by atoms with Crippen molar-refractivity contribution in [3.63, 3.8) is 0 Å². The molecule has 1 unspecified atom stereocenters. The van der Waals surface area contributed by atoms with Gasteiger partial charge in [0.1, 0.15) is 5.65 Å². The third kappa shape index (κ3) is 13.5. The quantitative estimate of drug-likeness (QED) is 0.227. The molecule has 0 spiro atoms. The Bertz CT molecular complexity index is 1710. The van der Waals surface area contributed by atoms with Gasteiger partial charge in [0.2, 0.25) is 0 Å². The highest BCUT2D eigenvalue weighted by Gasteiger charge is 2.39. The van der Waals surface area contributed by atoms with Crippen molar-refractivity contribution in [1.29, 1.82) is 0 Å². The lowest BCUT2D eigenvalue weighted by Gasteiger charge is -2.38. The maximum absolute atomic E-state index is 10.6. The van der Waals surface area contributed by atoms with Crippen LogP contribution in [0.2, 0.25) is 0 Å². The molecule has 1 aliphatic rings. The maximum Gasteiger partial charge on any atom is 0.490 e. The topological polar surface area (TPSA) is 161 Å². The van der Waals surface area contributed by atoms with Crippen molar-refractivity contribution in [1.82, 2.24) is 29.2 Å². The van der Waals surface area contributed by atoms with Crippen LogP contribution in [0.15, 0.2) is 67.1 Å². The number of likely N-dealkylation sites (N-methyl/N-ethyl adjacent to an activating group) is 1. The van der Waals surface area contributed by atoms with Crippen LogP contribution in [0.4, 0.5) is 39.5 Å². The molecule has 51 heavy (non-hydrogen) atoms. The van der Waals surface area contributed by atoms with Crippen molar-refractivity contribution < 1.29 is 69.2 Å². The second-order valence-corrected chi connectivity index (χ2v) is 10.5. The second kappa shape index (κ2) is 17.6. The zero-order valence-corrected chi connectivity index (χ0v) is 26.4. The highest BCUT2D eigenvalue weighted by Crippen LogP contribution is 2.27. The van der Waals surface area contributed by atoms with Gasteiger partial charge in [-0.2, -0.15) is 39.5 Å². The smallest absolute Gasteiger partial charge is 0.475 e. The van der Waals surface area contributed by atoms with Gasteiger partial charge in [-0.1, -0.05) is 12.1 Å². The average Bonchev–Trinajstić information content (AvgIpc) is 3.46. The zero-order valence-electron chi connectivity index (χ0n) is 26.4. The van der Waals surface area contributed by atoms with Gasteiger partial charge in [0.05, 0.1) is 23.1 Å². The molecule has 0 bridgehead atoms. The molecule has 0 amide bonds. The highest BCUT2D eigenvalue weighted by molar-refractivity contribution is 5.73. The van der Waals surface area contributed by atoms with Gasteiger partial charge in [-0.3, -0.25) is 24.2 Å². The van der Waals surface area contributed by atoms with E-state index in [-0.39, 0.29) is 6.04 Å². The van der Waals surface area contributed by atoms with Gasteiger partial charge in [0, 0.05) is 56.0 Å². The van der Waals surface area contributed by atoms with Crippen molar-refractivity contribution in [2.75, 3.05) is 26.7 Å². The van der Waals surface area contributed by atoms with Crippen molar-refractivity contribution in [2.45, 2.75) is 38.0 Å². The number of carboxylic acids is 3. The molecule has 5 heterocycles. The lowest BCUT2D eigenvalue weighted by Crippen LogP contribution is -2.46. The number of piperazine rings is 1. The van der Waals surface area contributed by atoms with E-state index in [1.807, 2.05) is 37.5 Å². The number of alkyl halides is 9. The Labute approximate surface area is 282 Å². The summed E-state index contributed by atoms with van der Waals surface area (Å²) in [6, 6.07) is 16.9. The lowest BCUT2D eigenvalue weighted by atomic mass is 10.1. The summed E-state index contributed by atoms with van der Waals surface area (Å²) < 4.78 is 97.4. The lowest BCUT2D eigenvalue weighted by molar-refractivity contribution is -0.193. The van der Waals surface area contributed by atoms with Crippen molar-refractivity contribution >= 4 is 23.6 Å². The molecule has 0 saturated carbocycles. The molecule has 21 heteroatoms.